The van der Waals surface area contributed by atoms with Crippen molar-refractivity contribution in [3.63, 3.8) is 0 Å². The highest BCUT2D eigenvalue weighted by molar-refractivity contribution is 6.10. The molecule has 0 saturated carbocycles. The summed E-state index contributed by atoms with van der Waals surface area (Å²) in [7, 11) is 0. The number of hydrogen-bond acceptors (Lipinski definition) is 3. The Hall–Kier alpha value is -3.60. The third kappa shape index (κ3) is 4.76. The van der Waals surface area contributed by atoms with Crippen molar-refractivity contribution in [3.8, 4) is 0 Å². The van der Waals surface area contributed by atoms with Crippen LogP contribution in [0.3, 0.4) is 0 Å². The Balaban J connectivity index is 1.86. The molecule has 0 aliphatic carbocycles. The number of anilines is 1. The Morgan fingerprint density at radius 1 is 0.929 bits per heavy atom. The number of rotatable bonds is 5. The molecule has 2 aromatic carbocycles. The molecule has 1 heterocycles. The molecule has 0 bridgehead atoms. The smallest absolute Gasteiger partial charge is 0.272 e. The minimum Gasteiger partial charge on any atom is -0.465 e. The molecule has 0 aliphatic rings. The summed E-state index contributed by atoms with van der Waals surface area (Å²) in [5.41, 5.74) is 4.27. The van der Waals surface area contributed by atoms with Gasteiger partial charge in [-0.15, -0.1) is 0 Å². The van der Waals surface area contributed by atoms with E-state index in [1.54, 1.807) is 24.3 Å². The maximum atomic E-state index is 12.9. The molecule has 3 aromatic rings. The highest BCUT2D eigenvalue weighted by Crippen LogP contribution is 2.18. The molecule has 0 spiro atoms. The molecule has 2 amide bonds. The number of nitrogens with one attached hydrogen (secondary N) is 2. The second-order valence-electron chi connectivity index (χ2n) is 6.67. The fourth-order valence-electron chi connectivity index (χ4n) is 2.63. The predicted octanol–water partition coefficient (Wildman–Crippen LogP) is 4.61. The SMILES string of the molecule is Cc1ccc(C(=O)NC(=Cc2ccco2)C(=O)Nc2cc(C)ccc2C)cc1. The lowest BCUT2D eigenvalue weighted by Gasteiger charge is -2.13. The first kappa shape index (κ1) is 19.2. The molecule has 0 saturated heterocycles. The molecule has 5 nitrogen and oxygen atoms in total. The van der Waals surface area contributed by atoms with E-state index < -0.39 is 5.91 Å². The van der Waals surface area contributed by atoms with Crippen LogP contribution in [0.15, 0.2) is 71.0 Å². The van der Waals surface area contributed by atoms with Crippen LogP contribution in [-0.4, -0.2) is 11.8 Å². The van der Waals surface area contributed by atoms with Gasteiger partial charge in [-0.3, -0.25) is 9.59 Å². The molecule has 142 valence electrons. The van der Waals surface area contributed by atoms with E-state index in [2.05, 4.69) is 10.6 Å². The molecule has 0 radical (unpaired) electrons. The molecule has 1 aromatic heterocycles. The van der Waals surface area contributed by atoms with E-state index in [0.29, 0.717) is 17.0 Å². The maximum Gasteiger partial charge on any atom is 0.272 e. The number of carbonyl (C=O) groups excluding carboxylic acids is 2. The zero-order valence-corrected chi connectivity index (χ0v) is 16.1. The Kier molecular flexibility index (Phi) is 5.75. The van der Waals surface area contributed by atoms with Crippen molar-refractivity contribution >= 4 is 23.6 Å². The molecule has 0 atom stereocenters. The van der Waals surface area contributed by atoms with Gasteiger partial charge in [0.25, 0.3) is 11.8 Å². The third-order valence-electron chi connectivity index (χ3n) is 4.28. The van der Waals surface area contributed by atoms with Crippen molar-refractivity contribution in [1.82, 2.24) is 5.32 Å². The number of aryl methyl sites for hydroxylation is 3. The summed E-state index contributed by atoms with van der Waals surface area (Å²) in [4.78, 5) is 25.5. The van der Waals surface area contributed by atoms with Crippen molar-refractivity contribution in [2.75, 3.05) is 5.32 Å². The minimum atomic E-state index is -0.425. The van der Waals surface area contributed by atoms with Crippen LogP contribution in [0.4, 0.5) is 5.69 Å². The van der Waals surface area contributed by atoms with Crippen molar-refractivity contribution in [3.05, 3.63) is 94.6 Å². The zero-order chi connectivity index (χ0) is 20.1. The van der Waals surface area contributed by atoms with Crippen LogP contribution < -0.4 is 10.6 Å². The Bertz CT molecular complexity index is 1020. The van der Waals surface area contributed by atoms with Gasteiger partial charge in [-0.05, 0) is 62.2 Å². The molecular weight excluding hydrogens is 352 g/mol. The normalized spacial score (nSPS) is 11.2. The summed E-state index contributed by atoms with van der Waals surface area (Å²) in [6, 6.07) is 16.4. The Labute approximate surface area is 164 Å². The van der Waals surface area contributed by atoms with Crippen LogP contribution in [0.5, 0.6) is 0 Å². The maximum absolute atomic E-state index is 12.9. The van der Waals surface area contributed by atoms with Gasteiger partial charge in [-0.2, -0.15) is 0 Å². The standard InChI is InChI=1S/C23H22N2O3/c1-15-7-10-18(11-8-15)22(26)25-21(14-19-5-4-12-28-19)23(27)24-20-13-16(2)6-9-17(20)3/h4-14H,1-3H3,(H,24,27)(H,25,26). The zero-order valence-electron chi connectivity index (χ0n) is 16.1. The summed E-state index contributed by atoms with van der Waals surface area (Å²) in [5.74, 6) is -0.324. The molecular formula is C23H22N2O3. The molecule has 0 fully saturated rings. The van der Waals surface area contributed by atoms with Crippen molar-refractivity contribution in [1.29, 1.82) is 0 Å². The van der Waals surface area contributed by atoms with Crippen molar-refractivity contribution < 1.29 is 14.0 Å². The summed E-state index contributed by atoms with van der Waals surface area (Å²) >= 11 is 0. The first-order valence-electron chi connectivity index (χ1n) is 8.94. The fourth-order valence-corrected chi connectivity index (χ4v) is 2.63. The average molecular weight is 374 g/mol. The molecule has 5 heteroatoms. The molecule has 2 N–H and O–H groups in total. The lowest BCUT2D eigenvalue weighted by atomic mass is 10.1. The van der Waals surface area contributed by atoms with Gasteiger partial charge in [-0.25, -0.2) is 0 Å². The van der Waals surface area contributed by atoms with E-state index in [1.807, 2.05) is 51.1 Å². The van der Waals surface area contributed by atoms with Gasteiger partial charge in [0.2, 0.25) is 0 Å². The van der Waals surface area contributed by atoms with Gasteiger partial charge >= 0.3 is 0 Å². The fraction of sp³-hybridized carbons (Fsp3) is 0.130. The van der Waals surface area contributed by atoms with Gasteiger partial charge in [-0.1, -0.05) is 29.8 Å². The van der Waals surface area contributed by atoms with E-state index in [0.717, 1.165) is 16.7 Å². The van der Waals surface area contributed by atoms with Crippen LogP contribution in [-0.2, 0) is 4.79 Å². The quantitative estimate of drug-likeness (QED) is 0.641. The Morgan fingerprint density at radius 2 is 1.64 bits per heavy atom. The van der Waals surface area contributed by atoms with E-state index in [9.17, 15) is 9.59 Å². The highest BCUT2D eigenvalue weighted by atomic mass is 16.3. The van der Waals surface area contributed by atoms with Crippen LogP contribution >= 0.6 is 0 Å². The van der Waals surface area contributed by atoms with Gasteiger partial charge in [0.1, 0.15) is 11.5 Å². The van der Waals surface area contributed by atoms with E-state index in [4.69, 9.17) is 4.42 Å². The summed E-state index contributed by atoms with van der Waals surface area (Å²) in [6.07, 6.45) is 3.01. The van der Waals surface area contributed by atoms with Crippen LogP contribution in [0.1, 0.15) is 32.8 Å². The number of benzene rings is 2. The summed E-state index contributed by atoms with van der Waals surface area (Å²) in [5, 5.41) is 5.56. The largest absolute Gasteiger partial charge is 0.465 e. The highest BCUT2D eigenvalue weighted by Gasteiger charge is 2.16. The first-order chi connectivity index (χ1) is 13.4. The topological polar surface area (TPSA) is 71.3 Å². The number of carbonyl (C=O) groups is 2. The average Bonchev–Trinajstić information content (AvgIpc) is 3.17. The van der Waals surface area contributed by atoms with E-state index >= 15 is 0 Å². The monoisotopic (exact) mass is 374 g/mol. The Morgan fingerprint density at radius 3 is 2.32 bits per heavy atom. The summed E-state index contributed by atoms with van der Waals surface area (Å²) < 4.78 is 5.30. The second kappa shape index (κ2) is 8.39. The van der Waals surface area contributed by atoms with Crippen molar-refractivity contribution in [2.24, 2.45) is 0 Å². The van der Waals surface area contributed by atoms with E-state index in [-0.39, 0.29) is 11.6 Å². The van der Waals surface area contributed by atoms with Crippen LogP contribution in [0, 0.1) is 20.8 Å². The van der Waals surface area contributed by atoms with Crippen LogP contribution in [0.25, 0.3) is 6.08 Å². The number of amides is 2. The number of furan rings is 1. The molecule has 28 heavy (non-hydrogen) atoms. The minimum absolute atomic E-state index is 0.0985. The van der Waals surface area contributed by atoms with Gasteiger partial charge in [0, 0.05) is 17.3 Å². The lowest BCUT2D eigenvalue weighted by Crippen LogP contribution is -2.30. The molecule has 3 rings (SSSR count). The van der Waals surface area contributed by atoms with Gasteiger partial charge in [0.15, 0.2) is 0 Å². The predicted molar refractivity (Wildman–Crippen MR) is 110 cm³/mol. The first-order valence-corrected chi connectivity index (χ1v) is 8.94. The summed E-state index contributed by atoms with van der Waals surface area (Å²) in [6.45, 7) is 5.81. The molecule has 0 aliphatic heterocycles. The van der Waals surface area contributed by atoms with Gasteiger partial charge < -0.3 is 15.1 Å². The molecule has 0 unspecified atom stereocenters. The third-order valence-corrected chi connectivity index (χ3v) is 4.28. The van der Waals surface area contributed by atoms with Gasteiger partial charge in [0.05, 0.1) is 6.26 Å². The number of hydrogen-bond donors (Lipinski definition) is 2. The van der Waals surface area contributed by atoms with Crippen molar-refractivity contribution in [2.45, 2.75) is 20.8 Å². The second-order valence-corrected chi connectivity index (χ2v) is 6.67. The van der Waals surface area contributed by atoms with Crippen LogP contribution in [0.2, 0.25) is 0 Å². The van der Waals surface area contributed by atoms with E-state index in [1.165, 1.54) is 12.3 Å². The lowest BCUT2D eigenvalue weighted by molar-refractivity contribution is -0.113.